The lowest BCUT2D eigenvalue weighted by Crippen LogP contribution is -2.48. The van der Waals surface area contributed by atoms with Crippen LogP contribution in [0.25, 0.3) is 0 Å². The second-order valence-electron chi connectivity index (χ2n) is 7.56. The minimum Gasteiger partial charge on any atom is -0.496 e. The topological polar surface area (TPSA) is 64.3 Å². The molecule has 3 N–H and O–H groups in total. The summed E-state index contributed by atoms with van der Waals surface area (Å²) in [7, 11) is 1.69. The lowest BCUT2D eigenvalue weighted by atomic mass is 9.77. The molecule has 140 valence electrons. The van der Waals surface area contributed by atoms with Crippen molar-refractivity contribution in [2.75, 3.05) is 7.11 Å². The zero-order valence-corrected chi connectivity index (χ0v) is 16.2. The molecule has 1 amide bonds. The van der Waals surface area contributed by atoms with Crippen molar-refractivity contribution in [1.82, 2.24) is 5.32 Å². The Labute approximate surface area is 157 Å². The third-order valence-corrected chi connectivity index (χ3v) is 5.96. The van der Waals surface area contributed by atoms with Crippen molar-refractivity contribution in [3.05, 3.63) is 29.3 Å². The number of ether oxygens (including phenoxy) is 1. The van der Waals surface area contributed by atoms with Gasteiger partial charge in [-0.15, -0.1) is 12.4 Å². The van der Waals surface area contributed by atoms with Crippen LogP contribution < -0.4 is 15.8 Å². The minimum absolute atomic E-state index is 0. The van der Waals surface area contributed by atoms with Gasteiger partial charge in [0.15, 0.2) is 0 Å². The van der Waals surface area contributed by atoms with E-state index in [-0.39, 0.29) is 29.8 Å². The highest BCUT2D eigenvalue weighted by atomic mass is 35.5. The highest BCUT2D eigenvalue weighted by molar-refractivity contribution is 5.89. The standard InChI is InChI=1S/C20H30N2O2.ClH/c1-14-5-6-15(13-18(14)24-2)20(11-3-4-12-20)19(23)22-17-9-7-16(21)8-10-17;/h5-6,13,16-17H,3-4,7-12,21H2,1-2H3,(H,22,23);1H. The number of nitrogens with one attached hydrogen (secondary N) is 1. The first kappa shape index (κ1) is 20.1. The predicted molar refractivity (Wildman–Crippen MR) is 103 cm³/mol. The number of benzene rings is 1. The number of hydrogen-bond donors (Lipinski definition) is 2. The van der Waals surface area contributed by atoms with Gasteiger partial charge in [0.1, 0.15) is 5.75 Å². The number of nitrogens with two attached hydrogens (primary N) is 1. The van der Waals surface area contributed by atoms with Gasteiger partial charge in [-0.25, -0.2) is 0 Å². The van der Waals surface area contributed by atoms with E-state index in [1.807, 2.05) is 6.92 Å². The van der Waals surface area contributed by atoms with E-state index in [1.54, 1.807) is 7.11 Å². The van der Waals surface area contributed by atoms with Crippen molar-refractivity contribution in [2.24, 2.45) is 5.73 Å². The van der Waals surface area contributed by atoms with Crippen LogP contribution in [0.2, 0.25) is 0 Å². The van der Waals surface area contributed by atoms with Gasteiger partial charge < -0.3 is 15.8 Å². The third-order valence-electron chi connectivity index (χ3n) is 5.96. The van der Waals surface area contributed by atoms with Crippen molar-refractivity contribution in [2.45, 2.75) is 75.8 Å². The van der Waals surface area contributed by atoms with Gasteiger partial charge in [0.25, 0.3) is 0 Å². The molecule has 3 rings (SSSR count). The number of halogens is 1. The van der Waals surface area contributed by atoms with Crippen LogP contribution in [-0.2, 0) is 10.2 Å². The summed E-state index contributed by atoms with van der Waals surface area (Å²) in [6.07, 6.45) is 8.10. The maximum atomic E-state index is 13.2. The van der Waals surface area contributed by atoms with Crippen LogP contribution in [0.15, 0.2) is 18.2 Å². The van der Waals surface area contributed by atoms with Gasteiger partial charge in [0.05, 0.1) is 12.5 Å². The highest BCUT2D eigenvalue weighted by Crippen LogP contribution is 2.43. The molecule has 2 aliphatic rings. The van der Waals surface area contributed by atoms with Gasteiger partial charge in [-0.2, -0.15) is 0 Å². The van der Waals surface area contributed by atoms with Crippen LogP contribution in [0.5, 0.6) is 5.75 Å². The molecule has 4 nitrogen and oxygen atoms in total. The smallest absolute Gasteiger partial charge is 0.230 e. The summed E-state index contributed by atoms with van der Waals surface area (Å²) < 4.78 is 5.49. The van der Waals surface area contributed by atoms with Crippen LogP contribution in [0.3, 0.4) is 0 Å². The molecule has 0 saturated heterocycles. The summed E-state index contributed by atoms with van der Waals surface area (Å²) in [6, 6.07) is 6.83. The summed E-state index contributed by atoms with van der Waals surface area (Å²) in [5.74, 6) is 1.07. The number of carbonyl (C=O) groups is 1. The van der Waals surface area contributed by atoms with Gasteiger partial charge in [-0.3, -0.25) is 4.79 Å². The predicted octanol–water partition coefficient (Wildman–Crippen LogP) is 3.62. The number of amides is 1. The second-order valence-corrected chi connectivity index (χ2v) is 7.56. The van der Waals surface area contributed by atoms with E-state index in [0.717, 1.165) is 68.2 Å². The van der Waals surface area contributed by atoms with Crippen LogP contribution in [0.1, 0.15) is 62.5 Å². The zero-order chi connectivity index (χ0) is 17.2. The molecule has 2 aliphatic carbocycles. The van der Waals surface area contributed by atoms with Crippen LogP contribution >= 0.6 is 12.4 Å². The van der Waals surface area contributed by atoms with E-state index in [0.29, 0.717) is 6.04 Å². The molecule has 0 unspecified atom stereocenters. The summed E-state index contributed by atoms with van der Waals surface area (Å²) in [6.45, 7) is 2.04. The monoisotopic (exact) mass is 366 g/mol. The van der Waals surface area contributed by atoms with Gasteiger partial charge in [-0.1, -0.05) is 25.0 Å². The molecule has 0 atom stereocenters. The summed E-state index contributed by atoms with van der Waals surface area (Å²) in [5.41, 5.74) is 7.81. The van der Waals surface area contributed by atoms with Crippen molar-refractivity contribution in [3.63, 3.8) is 0 Å². The van der Waals surface area contributed by atoms with Gasteiger partial charge in [-0.05, 0) is 62.6 Å². The second kappa shape index (κ2) is 8.41. The molecular formula is C20H31ClN2O2. The number of aryl methyl sites for hydroxylation is 1. The third kappa shape index (κ3) is 4.12. The number of rotatable bonds is 4. The van der Waals surface area contributed by atoms with Crippen LogP contribution in [0.4, 0.5) is 0 Å². The summed E-state index contributed by atoms with van der Waals surface area (Å²) in [4.78, 5) is 13.2. The lowest BCUT2D eigenvalue weighted by Gasteiger charge is -2.33. The Kier molecular flexibility index (Phi) is 6.75. The fraction of sp³-hybridized carbons (Fsp3) is 0.650. The van der Waals surface area contributed by atoms with E-state index in [9.17, 15) is 4.79 Å². The van der Waals surface area contributed by atoms with Crippen molar-refractivity contribution in [1.29, 1.82) is 0 Å². The summed E-state index contributed by atoms with van der Waals surface area (Å²) in [5, 5.41) is 3.34. The Bertz CT molecular complexity index is 591. The molecule has 0 spiro atoms. The Morgan fingerprint density at radius 1 is 1.20 bits per heavy atom. The largest absolute Gasteiger partial charge is 0.496 e. The molecule has 2 fully saturated rings. The van der Waals surface area contributed by atoms with Crippen molar-refractivity contribution in [3.8, 4) is 5.75 Å². The Morgan fingerprint density at radius 2 is 1.84 bits per heavy atom. The quantitative estimate of drug-likeness (QED) is 0.855. The van der Waals surface area contributed by atoms with Crippen LogP contribution in [-0.4, -0.2) is 25.1 Å². The van der Waals surface area contributed by atoms with Crippen molar-refractivity contribution < 1.29 is 9.53 Å². The zero-order valence-electron chi connectivity index (χ0n) is 15.3. The SMILES string of the molecule is COc1cc(C2(C(=O)NC3CCC(N)CC3)CCCC2)ccc1C.Cl. The fourth-order valence-electron chi connectivity index (χ4n) is 4.33. The Balaban J connectivity index is 0.00000225. The van der Waals surface area contributed by atoms with E-state index in [2.05, 4.69) is 23.5 Å². The first-order valence-corrected chi connectivity index (χ1v) is 9.27. The lowest BCUT2D eigenvalue weighted by molar-refractivity contribution is -0.127. The molecular weight excluding hydrogens is 336 g/mol. The van der Waals surface area contributed by atoms with E-state index >= 15 is 0 Å². The summed E-state index contributed by atoms with van der Waals surface area (Å²) >= 11 is 0. The maximum Gasteiger partial charge on any atom is 0.230 e. The first-order chi connectivity index (χ1) is 11.5. The van der Waals surface area contributed by atoms with Crippen molar-refractivity contribution >= 4 is 18.3 Å². The molecule has 0 aliphatic heterocycles. The van der Waals surface area contributed by atoms with Gasteiger partial charge in [0, 0.05) is 12.1 Å². The molecule has 5 heteroatoms. The number of hydrogen-bond acceptors (Lipinski definition) is 3. The Hall–Kier alpha value is -1.26. The number of carbonyl (C=O) groups excluding carboxylic acids is 1. The molecule has 1 aromatic rings. The van der Waals surface area contributed by atoms with E-state index in [1.165, 1.54) is 0 Å². The molecule has 25 heavy (non-hydrogen) atoms. The molecule has 0 radical (unpaired) electrons. The van der Waals surface area contributed by atoms with E-state index in [4.69, 9.17) is 10.5 Å². The van der Waals surface area contributed by atoms with Crippen LogP contribution in [0, 0.1) is 6.92 Å². The average molecular weight is 367 g/mol. The molecule has 1 aromatic carbocycles. The van der Waals surface area contributed by atoms with Gasteiger partial charge in [0.2, 0.25) is 5.91 Å². The molecule has 2 saturated carbocycles. The van der Waals surface area contributed by atoms with E-state index < -0.39 is 0 Å². The highest BCUT2D eigenvalue weighted by Gasteiger charge is 2.43. The normalized spacial score (nSPS) is 25.1. The first-order valence-electron chi connectivity index (χ1n) is 9.27. The van der Waals surface area contributed by atoms with Gasteiger partial charge >= 0.3 is 0 Å². The molecule has 0 heterocycles. The Morgan fingerprint density at radius 3 is 2.44 bits per heavy atom. The minimum atomic E-state index is -0.388. The maximum absolute atomic E-state index is 13.2. The fourth-order valence-corrected chi connectivity index (χ4v) is 4.33. The molecule has 0 bridgehead atoms. The average Bonchev–Trinajstić information content (AvgIpc) is 3.08. The molecule has 0 aromatic heterocycles. The number of methoxy groups -OCH3 is 1.